The normalized spacial score (nSPS) is 19.0. The summed E-state index contributed by atoms with van der Waals surface area (Å²) >= 11 is 0. The van der Waals surface area contributed by atoms with Gasteiger partial charge in [-0.05, 0) is 42.3 Å². The highest BCUT2D eigenvalue weighted by molar-refractivity contribution is 5.95. The van der Waals surface area contributed by atoms with E-state index in [1.807, 2.05) is 23.1 Å². The summed E-state index contributed by atoms with van der Waals surface area (Å²) < 4.78 is 13.4. The molecule has 0 aliphatic carbocycles. The predicted octanol–water partition coefficient (Wildman–Crippen LogP) is 1.93. The molecule has 7 heteroatoms. The number of amidine groups is 1. The summed E-state index contributed by atoms with van der Waals surface area (Å²) in [6, 6.07) is 4.86. The van der Waals surface area contributed by atoms with Crippen molar-refractivity contribution in [2.75, 3.05) is 32.7 Å². The van der Waals surface area contributed by atoms with Crippen LogP contribution in [-0.4, -0.2) is 65.6 Å². The zero-order valence-electron chi connectivity index (χ0n) is 15.3. The molecular formula is C20H22FN5O. The van der Waals surface area contributed by atoms with Crippen LogP contribution in [0.25, 0.3) is 0 Å². The minimum Gasteiger partial charge on any atom is -0.352 e. The van der Waals surface area contributed by atoms with Gasteiger partial charge in [-0.1, -0.05) is 12.1 Å². The molecule has 6 nitrogen and oxygen atoms in total. The van der Waals surface area contributed by atoms with Crippen LogP contribution in [0.4, 0.5) is 4.39 Å². The lowest BCUT2D eigenvalue weighted by atomic mass is 10.1. The number of hydrogen-bond acceptors (Lipinski definition) is 5. The van der Waals surface area contributed by atoms with Crippen molar-refractivity contribution in [2.24, 2.45) is 10.1 Å². The van der Waals surface area contributed by atoms with Gasteiger partial charge in [-0.15, -0.1) is 5.10 Å². The highest BCUT2D eigenvalue weighted by Gasteiger charge is 2.24. The second kappa shape index (κ2) is 7.34. The van der Waals surface area contributed by atoms with E-state index in [9.17, 15) is 9.18 Å². The van der Waals surface area contributed by atoms with Crippen LogP contribution < -0.4 is 0 Å². The molecule has 0 N–H and O–H groups in total. The van der Waals surface area contributed by atoms with E-state index in [4.69, 9.17) is 0 Å². The Morgan fingerprint density at radius 3 is 2.78 bits per heavy atom. The van der Waals surface area contributed by atoms with E-state index in [2.05, 4.69) is 15.0 Å². The molecule has 1 saturated heterocycles. The minimum absolute atomic E-state index is 0.0789. The van der Waals surface area contributed by atoms with E-state index in [0.717, 1.165) is 30.2 Å². The quantitative estimate of drug-likeness (QED) is 0.803. The van der Waals surface area contributed by atoms with Crippen LogP contribution in [0, 0.1) is 12.7 Å². The zero-order chi connectivity index (χ0) is 18.8. The van der Waals surface area contributed by atoms with Gasteiger partial charge in [-0.25, -0.2) is 9.40 Å². The number of hydrogen-bond donors (Lipinski definition) is 0. The number of benzene rings is 1. The Labute approximate surface area is 158 Å². The Balaban J connectivity index is 1.34. The number of allylic oxidation sites excluding steroid dienone is 1. The minimum atomic E-state index is -0.238. The van der Waals surface area contributed by atoms with Crippen molar-refractivity contribution in [3.63, 3.8) is 0 Å². The molecule has 0 spiro atoms. The fourth-order valence-electron chi connectivity index (χ4n) is 3.42. The number of nitrogens with zero attached hydrogens (tertiary/aromatic N) is 5. The van der Waals surface area contributed by atoms with E-state index < -0.39 is 0 Å². The first-order valence-electron chi connectivity index (χ1n) is 9.14. The Kier molecular flexibility index (Phi) is 4.75. The van der Waals surface area contributed by atoms with Gasteiger partial charge >= 0.3 is 0 Å². The largest absolute Gasteiger partial charge is 0.352 e. The van der Waals surface area contributed by atoms with Gasteiger partial charge in [0.25, 0.3) is 0 Å². The molecule has 3 aliphatic rings. The van der Waals surface area contributed by atoms with Gasteiger partial charge in [0.15, 0.2) is 0 Å². The standard InChI is InChI=1S/C20H22FN5O/c1-15-12-16(2-4-18(15)21)13-20(27)25-10-8-24(9-11-25)19-5-3-17-6-7-22-14-26(17)23-19/h2-6,12,14H,7-11,13H2,1H3. The summed E-state index contributed by atoms with van der Waals surface area (Å²) in [6.07, 6.45) is 8.14. The maximum Gasteiger partial charge on any atom is 0.227 e. The van der Waals surface area contributed by atoms with E-state index in [-0.39, 0.29) is 11.7 Å². The average molecular weight is 367 g/mol. The van der Waals surface area contributed by atoms with E-state index >= 15 is 0 Å². The van der Waals surface area contributed by atoms with Gasteiger partial charge in [0, 0.05) is 26.2 Å². The van der Waals surface area contributed by atoms with Crippen LogP contribution in [0.3, 0.4) is 0 Å². The zero-order valence-corrected chi connectivity index (χ0v) is 15.3. The maximum absolute atomic E-state index is 13.4. The van der Waals surface area contributed by atoms with Crippen molar-refractivity contribution in [3.8, 4) is 0 Å². The first kappa shape index (κ1) is 17.5. The highest BCUT2D eigenvalue weighted by Crippen LogP contribution is 2.17. The average Bonchev–Trinajstić information content (AvgIpc) is 2.70. The molecule has 140 valence electrons. The molecule has 1 fully saturated rings. The first-order chi connectivity index (χ1) is 13.1. The number of hydrazone groups is 1. The number of carbonyl (C=O) groups is 1. The summed E-state index contributed by atoms with van der Waals surface area (Å²) in [4.78, 5) is 20.8. The number of fused-ring (bicyclic) bond motifs is 1. The highest BCUT2D eigenvalue weighted by atomic mass is 19.1. The fourth-order valence-corrected chi connectivity index (χ4v) is 3.42. The molecule has 1 aromatic carbocycles. The monoisotopic (exact) mass is 367 g/mol. The third-order valence-corrected chi connectivity index (χ3v) is 5.01. The van der Waals surface area contributed by atoms with Gasteiger partial charge in [-0.2, -0.15) is 0 Å². The first-order valence-corrected chi connectivity index (χ1v) is 9.14. The fraction of sp³-hybridized carbons (Fsp3) is 0.350. The third-order valence-electron chi connectivity index (χ3n) is 5.01. The number of amides is 1. The van der Waals surface area contributed by atoms with Crippen molar-refractivity contribution >= 4 is 18.1 Å². The summed E-state index contributed by atoms with van der Waals surface area (Å²) in [7, 11) is 0. The third kappa shape index (κ3) is 3.77. The molecule has 0 bridgehead atoms. The summed E-state index contributed by atoms with van der Waals surface area (Å²) in [5.74, 6) is 0.731. The Bertz CT molecular complexity index is 865. The SMILES string of the molecule is Cc1cc(CC(=O)N2CCN(C3=NN4C=NCC=C4C=C3)CC2)ccc1F. The number of carbonyl (C=O) groups excluding carboxylic acids is 1. The van der Waals surface area contributed by atoms with Gasteiger partial charge in [0.05, 0.1) is 18.7 Å². The van der Waals surface area contributed by atoms with Gasteiger partial charge in [-0.3, -0.25) is 9.79 Å². The molecule has 0 unspecified atom stereocenters. The molecular weight excluding hydrogens is 345 g/mol. The second-order valence-electron chi connectivity index (χ2n) is 6.87. The van der Waals surface area contributed by atoms with Crippen molar-refractivity contribution < 1.29 is 9.18 Å². The summed E-state index contributed by atoms with van der Waals surface area (Å²) in [5.41, 5.74) is 2.46. The molecule has 3 heterocycles. The molecule has 0 saturated carbocycles. The van der Waals surface area contributed by atoms with E-state index in [1.165, 1.54) is 6.07 Å². The number of piperazine rings is 1. The number of aliphatic imine (C=N–C) groups is 1. The topological polar surface area (TPSA) is 51.5 Å². The van der Waals surface area contributed by atoms with Crippen molar-refractivity contribution in [2.45, 2.75) is 13.3 Å². The smallest absolute Gasteiger partial charge is 0.227 e. The lowest BCUT2D eigenvalue weighted by Crippen LogP contribution is -2.51. The van der Waals surface area contributed by atoms with Crippen LogP contribution in [0.2, 0.25) is 0 Å². The molecule has 0 radical (unpaired) electrons. The van der Waals surface area contributed by atoms with Crippen LogP contribution in [0.1, 0.15) is 11.1 Å². The van der Waals surface area contributed by atoms with Gasteiger partial charge in [0.2, 0.25) is 5.91 Å². The predicted molar refractivity (Wildman–Crippen MR) is 103 cm³/mol. The second-order valence-corrected chi connectivity index (χ2v) is 6.87. The number of aryl methyl sites for hydroxylation is 1. The van der Waals surface area contributed by atoms with E-state index in [1.54, 1.807) is 30.4 Å². The maximum atomic E-state index is 13.4. The van der Waals surface area contributed by atoms with Gasteiger partial charge < -0.3 is 9.80 Å². The molecule has 27 heavy (non-hydrogen) atoms. The van der Waals surface area contributed by atoms with E-state index in [0.29, 0.717) is 31.6 Å². The summed E-state index contributed by atoms with van der Waals surface area (Å²) in [6.45, 7) is 5.19. The number of rotatable bonds is 2. The molecule has 3 aliphatic heterocycles. The van der Waals surface area contributed by atoms with Gasteiger partial charge in [0.1, 0.15) is 18.0 Å². The molecule has 4 rings (SSSR count). The van der Waals surface area contributed by atoms with Crippen molar-refractivity contribution in [1.82, 2.24) is 14.8 Å². The van der Waals surface area contributed by atoms with Crippen LogP contribution in [-0.2, 0) is 11.2 Å². The lowest BCUT2D eigenvalue weighted by Gasteiger charge is -2.37. The Morgan fingerprint density at radius 1 is 1.19 bits per heavy atom. The van der Waals surface area contributed by atoms with Crippen LogP contribution in [0.15, 0.2) is 52.2 Å². The van der Waals surface area contributed by atoms with Crippen molar-refractivity contribution in [1.29, 1.82) is 0 Å². The molecule has 1 aromatic rings. The van der Waals surface area contributed by atoms with Crippen molar-refractivity contribution in [3.05, 3.63) is 59.1 Å². The molecule has 0 atom stereocenters. The molecule has 0 aromatic heterocycles. The Morgan fingerprint density at radius 2 is 2.00 bits per heavy atom. The Hall–Kier alpha value is -2.96. The molecule has 1 amide bonds. The number of halogens is 1. The van der Waals surface area contributed by atoms with Crippen LogP contribution in [0.5, 0.6) is 0 Å². The summed E-state index contributed by atoms with van der Waals surface area (Å²) in [5, 5.41) is 6.40. The lowest BCUT2D eigenvalue weighted by molar-refractivity contribution is -0.131. The van der Waals surface area contributed by atoms with Crippen LogP contribution >= 0.6 is 0 Å².